The second kappa shape index (κ2) is 6.91. The number of amides is 1. The summed E-state index contributed by atoms with van der Waals surface area (Å²) in [5.41, 5.74) is 4.77. The highest BCUT2D eigenvalue weighted by Crippen LogP contribution is 1.96. The Bertz CT molecular complexity index is 128. The van der Waals surface area contributed by atoms with Crippen LogP contribution in [0.25, 0.3) is 0 Å². The Labute approximate surface area is 73.5 Å². The van der Waals surface area contributed by atoms with Crippen LogP contribution in [0.3, 0.4) is 0 Å². The average Bonchev–Trinajstić information content (AvgIpc) is 2.03. The highest BCUT2D eigenvalue weighted by Gasteiger charge is 1.97. The van der Waals surface area contributed by atoms with Gasteiger partial charge in [0.05, 0.1) is 0 Å². The Morgan fingerprint density at radius 1 is 1.67 bits per heavy atom. The van der Waals surface area contributed by atoms with Gasteiger partial charge >= 0.3 is 6.09 Å². The quantitative estimate of drug-likeness (QED) is 0.583. The minimum absolute atomic E-state index is 0.353. The third-order valence-electron chi connectivity index (χ3n) is 1.71. The summed E-state index contributed by atoms with van der Waals surface area (Å²) in [5, 5.41) is 3.16. The fraction of sp³-hybridized carbons (Fsp3) is 0.875. The first-order chi connectivity index (χ1) is 5.66. The van der Waals surface area contributed by atoms with Crippen molar-refractivity contribution in [1.82, 2.24) is 5.32 Å². The lowest BCUT2D eigenvalue weighted by atomic mass is 10.1. The average molecular weight is 174 g/mol. The normalized spacial score (nSPS) is 12.5. The number of carbonyl (C=O) groups excluding carboxylic acids is 1. The molecule has 0 spiro atoms. The molecule has 3 N–H and O–H groups in total. The van der Waals surface area contributed by atoms with Gasteiger partial charge in [-0.05, 0) is 12.5 Å². The Morgan fingerprint density at radius 3 is 2.83 bits per heavy atom. The smallest absolute Gasteiger partial charge is 0.404 e. The second-order valence-corrected chi connectivity index (χ2v) is 2.89. The van der Waals surface area contributed by atoms with Gasteiger partial charge in [-0.15, -0.1) is 0 Å². The molecule has 4 heteroatoms. The third kappa shape index (κ3) is 7.34. The number of hydrogen-bond acceptors (Lipinski definition) is 3. The summed E-state index contributed by atoms with van der Waals surface area (Å²) in [4.78, 5) is 10.1. The van der Waals surface area contributed by atoms with Crippen LogP contribution in [0, 0.1) is 5.92 Å². The number of nitrogens with two attached hydrogens (primary N) is 1. The molecule has 0 aliphatic rings. The molecule has 0 saturated carbocycles. The monoisotopic (exact) mass is 174 g/mol. The van der Waals surface area contributed by atoms with E-state index in [0.29, 0.717) is 19.1 Å². The van der Waals surface area contributed by atoms with Gasteiger partial charge in [-0.25, -0.2) is 4.79 Å². The lowest BCUT2D eigenvalue weighted by Gasteiger charge is -2.09. The molecule has 0 aliphatic heterocycles. The zero-order chi connectivity index (χ0) is 9.40. The van der Waals surface area contributed by atoms with Crippen LogP contribution in [0.2, 0.25) is 0 Å². The number of carbonyl (C=O) groups is 1. The first-order valence-electron chi connectivity index (χ1n) is 4.29. The van der Waals surface area contributed by atoms with E-state index in [4.69, 9.17) is 5.73 Å². The highest BCUT2D eigenvalue weighted by molar-refractivity contribution is 5.64. The SMILES string of the molecule is CCC(C)CNCCOC(N)=O. The van der Waals surface area contributed by atoms with Gasteiger partial charge in [-0.2, -0.15) is 0 Å². The van der Waals surface area contributed by atoms with Gasteiger partial charge in [0.25, 0.3) is 0 Å². The molecule has 1 atom stereocenters. The molecule has 0 saturated heterocycles. The van der Waals surface area contributed by atoms with Crippen LogP contribution in [0.1, 0.15) is 20.3 Å². The van der Waals surface area contributed by atoms with E-state index in [-0.39, 0.29) is 0 Å². The Balaban J connectivity index is 3.05. The van der Waals surface area contributed by atoms with Gasteiger partial charge in [0.2, 0.25) is 0 Å². The van der Waals surface area contributed by atoms with E-state index < -0.39 is 6.09 Å². The Kier molecular flexibility index (Phi) is 6.47. The van der Waals surface area contributed by atoms with Gasteiger partial charge in [0, 0.05) is 6.54 Å². The zero-order valence-electron chi connectivity index (χ0n) is 7.80. The molecule has 0 heterocycles. The van der Waals surface area contributed by atoms with Crippen LogP contribution >= 0.6 is 0 Å². The van der Waals surface area contributed by atoms with Crippen LogP contribution in [-0.4, -0.2) is 25.8 Å². The fourth-order valence-corrected chi connectivity index (χ4v) is 0.717. The summed E-state index contributed by atoms with van der Waals surface area (Å²) in [6.45, 7) is 6.30. The summed E-state index contributed by atoms with van der Waals surface area (Å²) in [6.07, 6.45) is 0.448. The number of ether oxygens (including phenoxy) is 1. The van der Waals surface area contributed by atoms with Crippen LogP contribution in [-0.2, 0) is 4.74 Å². The molecule has 0 aromatic heterocycles. The lowest BCUT2D eigenvalue weighted by molar-refractivity contribution is 0.157. The van der Waals surface area contributed by atoms with Gasteiger partial charge < -0.3 is 15.8 Å². The topological polar surface area (TPSA) is 64.3 Å². The van der Waals surface area contributed by atoms with Gasteiger partial charge in [-0.3, -0.25) is 0 Å². The fourth-order valence-electron chi connectivity index (χ4n) is 0.717. The first kappa shape index (κ1) is 11.2. The van der Waals surface area contributed by atoms with Crippen molar-refractivity contribution in [2.75, 3.05) is 19.7 Å². The zero-order valence-corrected chi connectivity index (χ0v) is 7.80. The van der Waals surface area contributed by atoms with Crippen molar-refractivity contribution in [3.8, 4) is 0 Å². The molecule has 0 rings (SSSR count). The Morgan fingerprint density at radius 2 is 2.33 bits per heavy atom. The summed E-state index contributed by atoms with van der Waals surface area (Å²) < 4.78 is 4.53. The molecule has 0 aliphatic carbocycles. The predicted molar refractivity (Wildman–Crippen MR) is 47.9 cm³/mol. The largest absolute Gasteiger partial charge is 0.448 e. The van der Waals surface area contributed by atoms with Crippen LogP contribution in [0.4, 0.5) is 4.79 Å². The molecule has 0 radical (unpaired) electrons. The van der Waals surface area contributed by atoms with E-state index in [0.717, 1.165) is 13.0 Å². The van der Waals surface area contributed by atoms with E-state index >= 15 is 0 Å². The van der Waals surface area contributed by atoms with E-state index in [1.165, 1.54) is 0 Å². The van der Waals surface area contributed by atoms with Crippen molar-refractivity contribution in [3.05, 3.63) is 0 Å². The molecule has 1 amide bonds. The molecule has 12 heavy (non-hydrogen) atoms. The minimum Gasteiger partial charge on any atom is -0.448 e. The van der Waals surface area contributed by atoms with Gasteiger partial charge in [-0.1, -0.05) is 20.3 Å². The van der Waals surface area contributed by atoms with E-state index in [2.05, 4.69) is 23.9 Å². The third-order valence-corrected chi connectivity index (χ3v) is 1.71. The van der Waals surface area contributed by atoms with Crippen molar-refractivity contribution in [1.29, 1.82) is 0 Å². The standard InChI is InChI=1S/C8H18N2O2/c1-3-7(2)6-10-4-5-12-8(9)11/h7,10H,3-6H2,1-2H3,(H2,9,11). The summed E-state index contributed by atoms with van der Waals surface area (Å²) in [7, 11) is 0. The van der Waals surface area contributed by atoms with Crippen molar-refractivity contribution >= 4 is 6.09 Å². The number of nitrogens with one attached hydrogen (secondary N) is 1. The van der Waals surface area contributed by atoms with Crippen molar-refractivity contribution in [2.45, 2.75) is 20.3 Å². The molecule has 0 fully saturated rings. The molecule has 0 bridgehead atoms. The number of primary amides is 1. The van der Waals surface area contributed by atoms with Crippen molar-refractivity contribution in [2.24, 2.45) is 11.7 Å². The van der Waals surface area contributed by atoms with Crippen LogP contribution in [0.5, 0.6) is 0 Å². The van der Waals surface area contributed by atoms with Crippen LogP contribution < -0.4 is 11.1 Å². The number of hydrogen-bond donors (Lipinski definition) is 2. The van der Waals surface area contributed by atoms with Crippen LogP contribution in [0.15, 0.2) is 0 Å². The Hall–Kier alpha value is -0.770. The van der Waals surface area contributed by atoms with E-state index in [1.807, 2.05) is 0 Å². The molecular weight excluding hydrogens is 156 g/mol. The molecule has 1 unspecified atom stereocenters. The molecular formula is C8H18N2O2. The van der Waals surface area contributed by atoms with Gasteiger partial charge in [0.15, 0.2) is 0 Å². The lowest BCUT2D eigenvalue weighted by Crippen LogP contribution is -2.27. The maximum atomic E-state index is 10.1. The maximum Gasteiger partial charge on any atom is 0.404 e. The first-order valence-corrected chi connectivity index (χ1v) is 4.29. The van der Waals surface area contributed by atoms with E-state index in [9.17, 15) is 4.79 Å². The molecule has 4 nitrogen and oxygen atoms in total. The molecule has 0 aromatic rings. The van der Waals surface area contributed by atoms with Gasteiger partial charge in [0.1, 0.15) is 6.61 Å². The predicted octanol–water partition coefficient (Wildman–Crippen LogP) is 0.717. The summed E-state index contributed by atoms with van der Waals surface area (Å²) >= 11 is 0. The van der Waals surface area contributed by atoms with Crippen molar-refractivity contribution < 1.29 is 9.53 Å². The van der Waals surface area contributed by atoms with Crippen molar-refractivity contribution in [3.63, 3.8) is 0 Å². The maximum absolute atomic E-state index is 10.1. The summed E-state index contributed by atoms with van der Waals surface area (Å²) in [5.74, 6) is 0.665. The molecule has 0 aromatic carbocycles. The number of rotatable bonds is 6. The minimum atomic E-state index is -0.708. The summed E-state index contributed by atoms with van der Waals surface area (Å²) in [6, 6.07) is 0. The molecule has 72 valence electrons. The van der Waals surface area contributed by atoms with E-state index in [1.54, 1.807) is 0 Å². The second-order valence-electron chi connectivity index (χ2n) is 2.89. The highest BCUT2D eigenvalue weighted by atomic mass is 16.5.